The van der Waals surface area contributed by atoms with Crippen LogP contribution < -0.4 is 9.80 Å². The fourth-order valence-corrected chi connectivity index (χ4v) is 3.54. The zero-order valence-corrected chi connectivity index (χ0v) is 22.9. The number of phenols is 4. The monoisotopic (exact) mass is 568 g/mol. The molecule has 4 rings (SSSR count). The molecule has 0 saturated heterocycles. The van der Waals surface area contributed by atoms with Crippen molar-refractivity contribution in [2.45, 2.75) is 0 Å². The summed E-state index contributed by atoms with van der Waals surface area (Å²) in [6.07, 6.45) is 0. The molecule has 4 aromatic carbocycles. The van der Waals surface area contributed by atoms with E-state index >= 15 is 0 Å². The number of nitrogens with zero attached hydrogens (tertiary/aromatic N) is 6. The Morgan fingerprint density at radius 1 is 0.436 bits per heavy atom. The predicted octanol–water partition coefficient (Wildman–Crippen LogP) is 7.14. The summed E-state index contributed by atoms with van der Waals surface area (Å²) in [5.41, 5.74) is 3.90. The van der Waals surface area contributed by atoms with Crippen LogP contribution in [0.4, 0.5) is 34.1 Å². The third-order valence-corrected chi connectivity index (χ3v) is 5.77. The number of rotatable bonds is 7. The first-order valence-corrected chi connectivity index (χ1v) is 11.6. The summed E-state index contributed by atoms with van der Waals surface area (Å²) in [5, 5.41) is 57.5. The molecular weight excluding hydrogens is 540 g/mol. The normalized spacial score (nSPS) is 11.1. The summed E-state index contributed by atoms with van der Waals surface area (Å²) >= 11 is 0. The first-order chi connectivity index (χ1) is 18.1. The topological polar surface area (TPSA) is 137 Å². The molecule has 0 heterocycles. The average molecular weight is 568 g/mol. The van der Waals surface area contributed by atoms with Crippen LogP contribution in [0.25, 0.3) is 11.1 Å². The van der Waals surface area contributed by atoms with Gasteiger partial charge >= 0.3 is 0 Å². The zero-order chi connectivity index (χ0) is 27.4. The minimum atomic E-state index is -0.115. The molecule has 0 aliphatic carbocycles. The van der Waals surface area contributed by atoms with Crippen molar-refractivity contribution in [3.63, 3.8) is 0 Å². The van der Waals surface area contributed by atoms with Gasteiger partial charge in [0.15, 0.2) is 0 Å². The molecule has 0 aliphatic rings. The Labute approximate surface area is 236 Å². The molecule has 0 saturated carbocycles. The number of hydrogen-bond acceptors (Lipinski definition) is 10. The second-order valence-corrected chi connectivity index (χ2v) is 8.94. The Balaban J connectivity index is 0.00000420. The molecule has 0 radical (unpaired) electrons. The molecule has 39 heavy (non-hydrogen) atoms. The van der Waals surface area contributed by atoms with Crippen molar-refractivity contribution in [2.75, 3.05) is 38.0 Å². The van der Waals surface area contributed by atoms with Gasteiger partial charge < -0.3 is 30.2 Å². The van der Waals surface area contributed by atoms with E-state index in [1.807, 2.05) is 38.0 Å². The van der Waals surface area contributed by atoms with Crippen molar-refractivity contribution in [2.24, 2.45) is 20.5 Å². The Kier molecular flexibility index (Phi) is 9.13. The minimum absolute atomic E-state index is 0. The summed E-state index contributed by atoms with van der Waals surface area (Å²) in [6.45, 7) is 0. The van der Waals surface area contributed by atoms with E-state index in [0.29, 0.717) is 11.1 Å². The molecule has 0 atom stereocenters. The predicted molar refractivity (Wildman–Crippen MR) is 148 cm³/mol. The summed E-state index contributed by atoms with van der Waals surface area (Å²) in [4.78, 5) is 3.71. The standard InChI is InChI=1S/C28H28N6O4.Fe/c1-33(2)19-7-11-23(27(37)15-19)31-29-21-9-5-17(13-25(21)35)18-6-10-22(26(36)14-18)30-32-24-12-8-20(34(3)4)16-28(24)38;/h5-16,35-38H,1-4H3;. The average Bonchev–Trinajstić information content (AvgIpc) is 2.88. The molecule has 202 valence electrons. The molecule has 0 spiro atoms. The van der Waals surface area contributed by atoms with Gasteiger partial charge in [0.05, 0.1) is 0 Å². The van der Waals surface area contributed by atoms with Gasteiger partial charge in [0, 0.05) is 68.8 Å². The van der Waals surface area contributed by atoms with E-state index in [0.717, 1.165) is 11.4 Å². The molecule has 11 heteroatoms. The smallest absolute Gasteiger partial charge is 0.145 e. The molecule has 0 fully saturated rings. The van der Waals surface area contributed by atoms with Crippen molar-refractivity contribution in [1.29, 1.82) is 0 Å². The second-order valence-electron chi connectivity index (χ2n) is 8.94. The van der Waals surface area contributed by atoms with Crippen LogP contribution >= 0.6 is 0 Å². The second kappa shape index (κ2) is 12.3. The third-order valence-electron chi connectivity index (χ3n) is 5.77. The van der Waals surface area contributed by atoms with Crippen molar-refractivity contribution < 1.29 is 37.5 Å². The van der Waals surface area contributed by atoms with E-state index in [4.69, 9.17) is 0 Å². The van der Waals surface area contributed by atoms with E-state index in [1.165, 1.54) is 12.1 Å². The fraction of sp³-hybridized carbons (Fsp3) is 0.143. The van der Waals surface area contributed by atoms with Crippen LogP contribution in [0.5, 0.6) is 23.0 Å². The number of hydrogen-bond donors (Lipinski definition) is 4. The van der Waals surface area contributed by atoms with Gasteiger partial charge in [-0.15, -0.1) is 20.5 Å². The first-order valence-electron chi connectivity index (χ1n) is 11.6. The third kappa shape index (κ3) is 6.84. The van der Waals surface area contributed by atoms with Gasteiger partial charge in [0.1, 0.15) is 45.7 Å². The van der Waals surface area contributed by atoms with Gasteiger partial charge in [0.25, 0.3) is 0 Å². The summed E-state index contributed by atoms with van der Waals surface area (Å²) in [7, 11) is 7.46. The van der Waals surface area contributed by atoms with Crippen LogP contribution in [0.2, 0.25) is 0 Å². The molecular formula is C28H28FeN6O4. The quantitative estimate of drug-likeness (QED) is 0.138. The van der Waals surface area contributed by atoms with Crippen LogP contribution in [0.15, 0.2) is 93.3 Å². The molecule has 0 bridgehead atoms. The maximum atomic E-state index is 10.5. The Hall–Kier alpha value is -4.60. The van der Waals surface area contributed by atoms with E-state index in [2.05, 4.69) is 20.5 Å². The van der Waals surface area contributed by atoms with Crippen LogP contribution in [0, 0.1) is 0 Å². The molecule has 0 amide bonds. The Morgan fingerprint density at radius 2 is 0.718 bits per heavy atom. The Morgan fingerprint density at radius 3 is 0.974 bits per heavy atom. The maximum absolute atomic E-state index is 10.5. The number of anilines is 2. The first kappa shape index (κ1) is 29.0. The van der Waals surface area contributed by atoms with Gasteiger partial charge in [0.2, 0.25) is 0 Å². The van der Waals surface area contributed by atoms with Crippen LogP contribution in [0.1, 0.15) is 0 Å². The van der Waals surface area contributed by atoms with E-state index in [9.17, 15) is 20.4 Å². The number of benzene rings is 4. The number of phenolic OH excluding ortho intramolecular Hbond substituents is 4. The van der Waals surface area contributed by atoms with E-state index < -0.39 is 0 Å². The summed E-state index contributed by atoms with van der Waals surface area (Å²) in [6, 6.07) is 19.7. The molecule has 4 N–H and O–H groups in total. The van der Waals surface area contributed by atoms with Gasteiger partial charge in [-0.3, -0.25) is 0 Å². The largest absolute Gasteiger partial charge is 0.506 e. The van der Waals surface area contributed by atoms with Gasteiger partial charge in [-0.25, -0.2) is 0 Å². The maximum Gasteiger partial charge on any atom is 0.145 e. The van der Waals surface area contributed by atoms with Gasteiger partial charge in [-0.2, -0.15) is 0 Å². The number of aromatic hydroxyl groups is 4. The van der Waals surface area contributed by atoms with Crippen LogP contribution in [-0.2, 0) is 17.1 Å². The zero-order valence-electron chi connectivity index (χ0n) is 21.8. The van der Waals surface area contributed by atoms with Crippen molar-refractivity contribution in [3.05, 3.63) is 72.8 Å². The van der Waals surface area contributed by atoms with Gasteiger partial charge in [-0.1, -0.05) is 12.1 Å². The van der Waals surface area contributed by atoms with Crippen molar-refractivity contribution in [1.82, 2.24) is 0 Å². The van der Waals surface area contributed by atoms with Crippen LogP contribution in [-0.4, -0.2) is 48.6 Å². The summed E-state index contributed by atoms with van der Waals surface area (Å²) < 4.78 is 0. The van der Waals surface area contributed by atoms with Crippen LogP contribution in [0.3, 0.4) is 0 Å². The van der Waals surface area contributed by atoms with E-state index in [-0.39, 0.29) is 62.8 Å². The van der Waals surface area contributed by atoms with E-state index in [1.54, 1.807) is 60.7 Å². The number of azo groups is 2. The minimum Gasteiger partial charge on any atom is -0.506 e. The summed E-state index contributed by atoms with van der Waals surface area (Å²) in [5.74, 6) is -0.278. The molecule has 0 unspecified atom stereocenters. The molecule has 0 aliphatic heterocycles. The molecule has 4 aromatic rings. The molecule has 10 nitrogen and oxygen atoms in total. The Bertz CT molecular complexity index is 1420. The van der Waals surface area contributed by atoms with Crippen molar-refractivity contribution in [3.8, 4) is 34.1 Å². The molecule has 0 aromatic heterocycles. The van der Waals surface area contributed by atoms with Crippen molar-refractivity contribution >= 4 is 34.1 Å². The van der Waals surface area contributed by atoms with Gasteiger partial charge in [-0.05, 0) is 59.7 Å². The SMILES string of the molecule is CN(C)c1ccc(N=Nc2ccc(-c3ccc(N=Nc4ccc(N(C)C)cc4O)c(O)c3)cc2O)c(O)c1.[Fe]. The fourth-order valence-electron chi connectivity index (χ4n) is 3.54.